The molecule has 0 bridgehead atoms. The van der Waals surface area contributed by atoms with Gasteiger partial charge in [0.2, 0.25) is 0 Å². The molecular weight excluding hydrogens is 486 g/mol. The third-order valence-electron chi connectivity index (χ3n) is 6.21. The highest BCUT2D eigenvalue weighted by Gasteiger charge is 2.21. The van der Waals surface area contributed by atoms with E-state index < -0.39 is 10.0 Å². The Hall–Kier alpha value is -4.09. The Balaban J connectivity index is 1.62. The Kier molecular flexibility index (Phi) is 7.95. The number of hydrogen-bond donors (Lipinski definition) is 0. The average Bonchev–Trinajstić information content (AvgIpc) is 3.29. The summed E-state index contributed by atoms with van der Waals surface area (Å²) in [5.41, 5.74) is 3.69. The van der Waals surface area contributed by atoms with E-state index in [-0.39, 0.29) is 11.0 Å². The maximum atomic E-state index is 13.2. The van der Waals surface area contributed by atoms with Crippen LogP contribution in [0, 0.1) is 11.3 Å². The fourth-order valence-corrected chi connectivity index (χ4v) is 5.58. The number of rotatable bonds is 9. The highest BCUT2D eigenvalue weighted by molar-refractivity contribution is 7.90. The number of nitriles is 1. The number of ether oxygens (including phenoxy) is 1. The molecule has 0 saturated carbocycles. The first kappa shape index (κ1) is 26.0. The lowest BCUT2D eigenvalue weighted by atomic mass is 9.98. The van der Waals surface area contributed by atoms with Crippen LogP contribution < -0.4 is 0 Å². The van der Waals surface area contributed by atoms with E-state index in [1.54, 1.807) is 36.2 Å². The van der Waals surface area contributed by atoms with Gasteiger partial charge in [0.05, 0.1) is 22.6 Å². The smallest absolute Gasteiger partial charge is 0.409 e. The Morgan fingerprint density at radius 2 is 1.73 bits per heavy atom. The molecule has 8 heteroatoms. The number of nitrogens with zero attached hydrogens (tertiary/aromatic N) is 3. The van der Waals surface area contributed by atoms with Crippen LogP contribution in [0.1, 0.15) is 42.0 Å². The molecular formula is C29H29N3O4S. The predicted molar refractivity (Wildman–Crippen MR) is 143 cm³/mol. The third kappa shape index (κ3) is 5.68. The molecule has 4 rings (SSSR count). The lowest BCUT2D eigenvalue weighted by Crippen LogP contribution is -2.27. The topological polar surface area (TPSA) is 92.4 Å². The van der Waals surface area contributed by atoms with Crippen LogP contribution in [-0.2, 0) is 27.7 Å². The molecule has 0 fully saturated rings. The summed E-state index contributed by atoms with van der Waals surface area (Å²) in [6.45, 7) is 2.85. The highest BCUT2D eigenvalue weighted by Crippen LogP contribution is 2.28. The summed E-state index contributed by atoms with van der Waals surface area (Å²) < 4.78 is 33.0. The van der Waals surface area contributed by atoms with Crippen molar-refractivity contribution >= 4 is 27.0 Å². The van der Waals surface area contributed by atoms with Gasteiger partial charge in [-0.25, -0.2) is 17.2 Å². The number of hydrogen-bond acceptors (Lipinski definition) is 5. The second-order valence-corrected chi connectivity index (χ2v) is 10.7. The van der Waals surface area contributed by atoms with Crippen molar-refractivity contribution in [3.8, 4) is 6.07 Å². The van der Waals surface area contributed by atoms with Crippen molar-refractivity contribution < 1.29 is 17.9 Å². The molecule has 0 aliphatic rings. The third-order valence-corrected chi connectivity index (χ3v) is 7.90. The van der Waals surface area contributed by atoms with Crippen molar-refractivity contribution in [2.24, 2.45) is 0 Å². The van der Waals surface area contributed by atoms with Crippen molar-refractivity contribution in [2.45, 2.75) is 37.6 Å². The Bertz CT molecular complexity index is 1550. The number of fused-ring (bicyclic) bond motifs is 1. The summed E-state index contributed by atoms with van der Waals surface area (Å²) in [4.78, 5) is 14.0. The molecule has 3 aromatic carbocycles. The normalized spacial score (nSPS) is 11.3. The van der Waals surface area contributed by atoms with Gasteiger partial charge in [0.1, 0.15) is 6.07 Å². The Morgan fingerprint density at radius 3 is 2.43 bits per heavy atom. The van der Waals surface area contributed by atoms with E-state index in [1.165, 1.54) is 22.3 Å². The van der Waals surface area contributed by atoms with Crippen LogP contribution in [0.4, 0.5) is 4.79 Å². The van der Waals surface area contributed by atoms with E-state index in [2.05, 4.69) is 6.07 Å². The quantitative estimate of drug-likeness (QED) is 0.266. The van der Waals surface area contributed by atoms with Gasteiger partial charge in [-0.1, -0.05) is 61.9 Å². The summed E-state index contributed by atoms with van der Waals surface area (Å²) >= 11 is 0. The molecule has 0 aliphatic carbocycles. The minimum atomic E-state index is -3.85. The zero-order valence-electron chi connectivity index (χ0n) is 20.9. The molecule has 0 radical (unpaired) electrons. The second kappa shape index (κ2) is 11.3. The average molecular weight is 516 g/mol. The SMILES string of the molecule is CCCCOC(=O)N(C)Cc1ccccc1Cc1ccc2c(c1)c(C#N)cn2S(=O)(=O)c1ccccc1. The largest absolute Gasteiger partial charge is 0.449 e. The first-order valence-electron chi connectivity index (χ1n) is 12.1. The van der Waals surface area contributed by atoms with Crippen molar-refractivity contribution in [2.75, 3.05) is 13.7 Å². The molecule has 0 N–H and O–H groups in total. The minimum Gasteiger partial charge on any atom is -0.449 e. The van der Waals surface area contributed by atoms with Gasteiger partial charge in [-0.3, -0.25) is 0 Å². The lowest BCUT2D eigenvalue weighted by molar-refractivity contribution is 0.107. The van der Waals surface area contributed by atoms with Crippen molar-refractivity contribution in [1.82, 2.24) is 8.87 Å². The van der Waals surface area contributed by atoms with Crippen LogP contribution in [0.5, 0.6) is 0 Å². The summed E-state index contributed by atoms with van der Waals surface area (Å²) in [6.07, 6.45) is 3.37. The van der Waals surface area contributed by atoms with Gasteiger partial charge in [-0.05, 0) is 53.8 Å². The molecule has 1 amide bonds. The molecule has 0 unspecified atom stereocenters. The molecule has 7 nitrogen and oxygen atoms in total. The van der Waals surface area contributed by atoms with Gasteiger partial charge >= 0.3 is 6.09 Å². The molecule has 1 heterocycles. The zero-order valence-corrected chi connectivity index (χ0v) is 21.7. The van der Waals surface area contributed by atoms with E-state index >= 15 is 0 Å². The molecule has 0 aliphatic heterocycles. The summed E-state index contributed by atoms with van der Waals surface area (Å²) in [5.74, 6) is 0. The maximum Gasteiger partial charge on any atom is 0.409 e. The van der Waals surface area contributed by atoms with Gasteiger partial charge in [-0.15, -0.1) is 0 Å². The molecule has 0 atom stereocenters. The van der Waals surface area contributed by atoms with Gasteiger partial charge in [-0.2, -0.15) is 5.26 Å². The van der Waals surface area contributed by atoms with Crippen molar-refractivity contribution in [3.63, 3.8) is 0 Å². The number of benzene rings is 3. The fraction of sp³-hybridized carbons (Fsp3) is 0.241. The van der Waals surface area contributed by atoms with Crippen molar-refractivity contribution in [1.29, 1.82) is 5.26 Å². The van der Waals surface area contributed by atoms with Crippen LogP contribution >= 0.6 is 0 Å². The summed E-state index contributed by atoms with van der Waals surface area (Å²) in [7, 11) is -2.13. The lowest BCUT2D eigenvalue weighted by Gasteiger charge is -2.19. The molecule has 37 heavy (non-hydrogen) atoms. The maximum absolute atomic E-state index is 13.2. The van der Waals surface area contributed by atoms with Crippen LogP contribution in [0.2, 0.25) is 0 Å². The molecule has 190 valence electrons. The number of amides is 1. The number of carbonyl (C=O) groups is 1. The van der Waals surface area contributed by atoms with Crippen LogP contribution in [0.25, 0.3) is 10.9 Å². The van der Waals surface area contributed by atoms with Gasteiger partial charge in [0.25, 0.3) is 10.0 Å². The highest BCUT2D eigenvalue weighted by atomic mass is 32.2. The number of unbranched alkanes of at least 4 members (excludes halogenated alkanes) is 1. The van der Waals surface area contributed by atoms with Gasteiger partial charge in [0.15, 0.2) is 0 Å². The van der Waals surface area contributed by atoms with Crippen molar-refractivity contribution in [3.05, 3.63) is 101 Å². The zero-order chi connectivity index (χ0) is 26.4. The Labute approximate surface area is 217 Å². The summed E-state index contributed by atoms with van der Waals surface area (Å²) in [5, 5.41) is 10.3. The Morgan fingerprint density at radius 1 is 1.03 bits per heavy atom. The molecule has 4 aromatic rings. The number of aromatic nitrogens is 1. The molecule has 1 aromatic heterocycles. The van der Waals surface area contributed by atoms with Crippen LogP contribution in [0.3, 0.4) is 0 Å². The minimum absolute atomic E-state index is 0.159. The fourth-order valence-electron chi connectivity index (χ4n) is 4.19. The van der Waals surface area contributed by atoms with E-state index in [1.807, 2.05) is 43.3 Å². The van der Waals surface area contributed by atoms with E-state index in [0.717, 1.165) is 29.5 Å². The van der Waals surface area contributed by atoms with E-state index in [0.29, 0.717) is 36.0 Å². The van der Waals surface area contributed by atoms with E-state index in [4.69, 9.17) is 4.74 Å². The van der Waals surface area contributed by atoms with Crippen LogP contribution in [-0.4, -0.2) is 37.0 Å². The molecule has 0 spiro atoms. The van der Waals surface area contributed by atoms with Gasteiger partial charge in [0, 0.05) is 25.2 Å². The molecule has 0 saturated heterocycles. The monoisotopic (exact) mass is 515 g/mol. The van der Waals surface area contributed by atoms with E-state index in [9.17, 15) is 18.5 Å². The standard InChI is InChI=1S/C29H29N3O4S/c1-3-4-16-36-29(33)31(2)20-24-11-9-8-10-23(24)17-22-14-15-28-27(18-22)25(19-30)21-32(28)37(34,35)26-12-6-5-7-13-26/h5-15,18,21H,3-4,16-17,20H2,1-2H3. The van der Waals surface area contributed by atoms with Gasteiger partial charge < -0.3 is 9.64 Å². The van der Waals surface area contributed by atoms with Crippen LogP contribution in [0.15, 0.2) is 83.9 Å². The second-order valence-electron chi connectivity index (χ2n) is 8.89. The summed E-state index contributed by atoms with van der Waals surface area (Å²) in [6, 6.07) is 23.6. The first-order valence-corrected chi connectivity index (χ1v) is 13.6. The first-order chi connectivity index (χ1) is 17.8. The predicted octanol–water partition coefficient (Wildman–Crippen LogP) is 5.71. The number of carbonyl (C=O) groups excluding carboxylic acids is 1.